The van der Waals surface area contributed by atoms with Crippen molar-refractivity contribution >= 4 is 58.4 Å². The second-order valence-corrected chi connectivity index (χ2v) is 13.5. The monoisotopic (exact) mass is 681 g/mol. The Balaban J connectivity index is 1.95. The Morgan fingerprint density at radius 3 is 1.73 bits per heavy atom. The number of para-hydroxylation sites is 1. The first-order valence-corrected chi connectivity index (χ1v) is 16.1. The lowest BCUT2D eigenvalue weighted by atomic mass is 9.92. The number of aliphatic carboxylic acids is 2. The summed E-state index contributed by atoms with van der Waals surface area (Å²) in [4.78, 5) is 61.8. The van der Waals surface area contributed by atoms with Gasteiger partial charge in [-0.3, -0.25) is 14.4 Å². The second kappa shape index (κ2) is 19.1. The highest BCUT2D eigenvalue weighted by atomic mass is 32.1. The summed E-state index contributed by atoms with van der Waals surface area (Å²) in [5, 5.41) is 33.5. The van der Waals surface area contributed by atoms with Gasteiger partial charge in [0.25, 0.3) is 0 Å². The normalized spacial score (nSPS) is 13.2. The molecule has 0 radical (unpaired) electrons. The zero-order valence-electron chi connectivity index (χ0n) is 28.0. The van der Waals surface area contributed by atoms with E-state index in [1.54, 1.807) is 24.3 Å². The summed E-state index contributed by atoms with van der Waals surface area (Å²) in [5.41, 5.74) is 1.95. The van der Waals surface area contributed by atoms with E-state index in [1.165, 1.54) is 12.2 Å². The number of anilines is 2. The third-order valence-electron chi connectivity index (χ3n) is 6.82. The molecule has 0 saturated carbocycles. The first-order chi connectivity index (χ1) is 22.5. The zero-order chi connectivity index (χ0) is 35.9. The van der Waals surface area contributed by atoms with Crippen LogP contribution in [0.15, 0.2) is 66.7 Å². The molecule has 0 heterocycles. The first kappa shape index (κ1) is 39.4. The molecule has 0 aliphatic heterocycles. The third-order valence-corrected chi connectivity index (χ3v) is 7.02. The van der Waals surface area contributed by atoms with Crippen molar-refractivity contribution in [3.8, 4) is 0 Å². The van der Waals surface area contributed by atoms with Crippen molar-refractivity contribution in [3.63, 3.8) is 0 Å². The van der Waals surface area contributed by atoms with Crippen LogP contribution >= 0.6 is 12.2 Å². The average molecular weight is 682 g/mol. The van der Waals surface area contributed by atoms with Gasteiger partial charge in [0.05, 0.1) is 6.42 Å². The molecule has 0 spiro atoms. The molecule has 7 N–H and O–H groups in total. The van der Waals surface area contributed by atoms with E-state index < -0.39 is 47.8 Å². The summed E-state index contributed by atoms with van der Waals surface area (Å²) in [6.45, 7) is 9.35. The van der Waals surface area contributed by atoms with Crippen LogP contribution in [-0.2, 0) is 30.4 Å². The van der Waals surface area contributed by atoms with Gasteiger partial charge in [-0.05, 0) is 72.6 Å². The van der Waals surface area contributed by atoms with Crippen LogP contribution in [0.5, 0.6) is 0 Å². The van der Waals surface area contributed by atoms with E-state index in [2.05, 4.69) is 26.6 Å². The third kappa shape index (κ3) is 15.7. The smallest absolute Gasteiger partial charge is 0.326 e. The fraction of sp³-hybridized carbons (Fsp3) is 0.429. The van der Waals surface area contributed by atoms with Crippen LogP contribution in [0.2, 0.25) is 0 Å². The lowest BCUT2D eigenvalue weighted by Gasteiger charge is -2.22. The van der Waals surface area contributed by atoms with E-state index >= 15 is 0 Å². The predicted octanol–water partition coefficient (Wildman–Crippen LogP) is 4.48. The zero-order valence-corrected chi connectivity index (χ0v) is 28.9. The molecule has 2 aromatic rings. The van der Waals surface area contributed by atoms with Gasteiger partial charge >= 0.3 is 11.9 Å². The van der Waals surface area contributed by atoms with E-state index in [9.17, 15) is 34.2 Å². The summed E-state index contributed by atoms with van der Waals surface area (Å²) >= 11 is 5.35. The molecular weight excluding hydrogens is 634 g/mol. The second-order valence-electron chi connectivity index (χ2n) is 13.1. The van der Waals surface area contributed by atoms with Gasteiger partial charge in [-0.1, -0.05) is 77.1 Å². The number of hydrogen-bond acceptors (Lipinski definition) is 6. The summed E-state index contributed by atoms with van der Waals surface area (Å²) < 4.78 is 0. The molecule has 3 unspecified atom stereocenters. The number of nitrogens with one attached hydrogen (secondary N) is 5. The molecule has 0 aliphatic carbocycles. The molecule has 3 amide bonds. The van der Waals surface area contributed by atoms with Crippen LogP contribution < -0.4 is 26.6 Å². The van der Waals surface area contributed by atoms with Crippen molar-refractivity contribution in [2.75, 3.05) is 10.6 Å². The molecule has 2 aromatic carbocycles. The van der Waals surface area contributed by atoms with Crippen molar-refractivity contribution in [3.05, 3.63) is 72.3 Å². The van der Waals surface area contributed by atoms with E-state index in [1.807, 2.05) is 65.0 Å². The van der Waals surface area contributed by atoms with Gasteiger partial charge in [0.1, 0.15) is 18.1 Å². The minimum absolute atomic E-state index is 0.00298. The fourth-order valence-electron chi connectivity index (χ4n) is 4.56. The van der Waals surface area contributed by atoms with Gasteiger partial charge in [-0.15, -0.1) is 0 Å². The number of thiocarbonyl (C=S) groups is 1. The van der Waals surface area contributed by atoms with E-state index in [0.717, 1.165) is 11.4 Å². The molecule has 0 fully saturated rings. The first-order valence-electron chi connectivity index (χ1n) is 15.7. The quantitative estimate of drug-likeness (QED) is 0.0928. The number of benzene rings is 2. The van der Waals surface area contributed by atoms with Gasteiger partial charge in [0.2, 0.25) is 17.7 Å². The van der Waals surface area contributed by atoms with Crippen LogP contribution in [0.4, 0.5) is 11.4 Å². The molecule has 0 saturated heterocycles. The van der Waals surface area contributed by atoms with Gasteiger partial charge < -0.3 is 36.8 Å². The number of hydrogen-bond donors (Lipinski definition) is 7. The fourth-order valence-corrected chi connectivity index (χ4v) is 4.80. The maximum absolute atomic E-state index is 13.2. The molecular formula is C35H47N5O7S. The van der Waals surface area contributed by atoms with E-state index in [0.29, 0.717) is 10.7 Å². The predicted molar refractivity (Wildman–Crippen MR) is 189 cm³/mol. The van der Waals surface area contributed by atoms with Crippen LogP contribution in [0.1, 0.15) is 65.9 Å². The molecule has 13 heteroatoms. The van der Waals surface area contributed by atoms with Gasteiger partial charge in [0, 0.05) is 17.8 Å². The summed E-state index contributed by atoms with van der Waals surface area (Å²) in [7, 11) is 0. The van der Waals surface area contributed by atoms with E-state index in [4.69, 9.17) is 12.2 Å². The molecule has 48 heavy (non-hydrogen) atoms. The van der Waals surface area contributed by atoms with Crippen molar-refractivity contribution in [1.82, 2.24) is 16.0 Å². The SMILES string of the molecule is CC(C)CC(NC(=O)Cc1ccc(NC(=S)Nc2ccccc2)cc1)C(=O)NC(CC=CCC(NC(=O)CC(C)(C)C)C(=O)O)C(=O)O. The van der Waals surface area contributed by atoms with Crippen LogP contribution in [0.3, 0.4) is 0 Å². The molecule has 3 atom stereocenters. The summed E-state index contributed by atoms with van der Waals surface area (Å²) in [6.07, 6.45) is 3.14. The van der Waals surface area contributed by atoms with Crippen LogP contribution in [0.25, 0.3) is 0 Å². The Morgan fingerprint density at radius 1 is 0.729 bits per heavy atom. The Bertz CT molecular complexity index is 1440. The molecule has 2 rings (SSSR count). The number of rotatable bonds is 17. The minimum Gasteiger partial charge on any atom is -0.480 e. The topological polar surface area (TPSA) is 186 Å². The van der Waals surface area contributed by atoms with Gasteiger partial charge in [-0.25, -0.2) is 9.59 Å². The number of carbonyl (C=O) groups excluding carboxylic acids is 3. The standard InChI is InChI=1S/C35H47N5O7S/c1-22(2)19-28(39-29(41)20-23-15-17-25(18-16-23)37-34(48)36-24-11-7-6-8-12-24)31(43)40-27(33(46)47)14-10-9-13-26(32(44)45)38-30(42)21-35(3,4)5/h6-12,15-18,22,26-28H,13-14,19-21H2,1-5H3,(H,38,42)(H,39,41)(H,40,43)(H,44,45)(H,46,47)(H2,36,37,48). The van der Waals surface area contributed by atoms with Crippen molar-refractivity contribution in [2.45, 2.75) is 84.8 Å². The maximum atomic E-state index is 13.2. The average Bonchev–Trinajstić information content (AvgIpc) is 2.97. The van der Waals surface area contributed by atoms with Crippen LogP contribution in [-0.4, -0.2) is 63.1 Å². The number of carboxylic acid groups (broad SMARTS) is 2. The van der Waals surface area contributed by atoms with Crippen molar-refractivity contribution < 1.29 is 34.2 Å². The Kier molecular flexibility index (Phi) is 15.7. The van der Waals surface area contributed by atoms with Crippen molar-refractivity contribution in [1.29, 1.82) is 0 Å². The Hall–Kier alpha value is -4.78. The highest BCUT2D eigenvalue weighted by Gasteiger charge is 2.27. The maximum Gasteiger partial charge on any atom is 0.326 e. The molecule has 12 nitrogen and oxygen atoms in total. The highest BCUT2D eigenvalue weighted by molar-refractivity contribution is 7.80. The number of carboxylic acids is 2. The largest absolute Gasteiger partial charge is 0.480 e. The molecule has 0 aromatic heterocycles. The highest BCUT2D eigenvalue weighted by Crippen LogP contribution is 2.18. The summed E-state index contributed by atoms with van der Waals surface area (Å²) in [6, 6.07) is 13.1. The molecule has 260 valence electrons. The Labute approximate surface area is 287 Å². The number of carbonyl (C=O) groups is 5. The Morgan fingerprint density at radius 2 is 1.23 bits per heavy atom. The lowest BCUT2D eigenvalue weighted by Crippen LogP contribution is -2.52. The minimum atomic E-state index is -1.32. The molecule has 0 aliphatic rings. The molecule has 0 bridgehead atoms. The van der Waals surface area contributed by atoms with Crippen LogP contribution in [0, 0.1) is 11.3 Å². The number of amides is 3. The van der Waals surface area contributed by atoms with Gasteiger partial charge in [0.15, 0.2) is 5.11 Å². The van der Waals surface area contributed by atoms with Crippen molar-refractivity contribution in [2.24, 2.45) is 11.3 Å². The lowest BCUT2D eigenvalue weighted by molar-refractivity contribution is -0.142. The summed E-state index contributed by atoms with van der Waals surface area (Å²) in [5.74, 6) is -3.94. The van der Waals surface area contributed by atoms with Gasteiger partial charge in [-0.2, -0.15) is 0 Å². The van der Waals surface area contributed by atoms with E-state index in [-0.39, 0.29) is 43.4 Å².